The summed E-state index contributed by atoms with van der Waals surface area (Å²) in [4.78, 5) is 2.30. The van der Waals surface area contributed by atoms with E-state index in [4.69, 9.17) is 21.9 Å². The van der Waals surface area contributed by atoms with Gasteiger partial charge in [0.15, 0.2) is 0 Å². The molecule has 1 heterocycles. The van der Waals surface area contributed by atoms with E-state index in [0.717, 1.165) is 31.4 Å². The highest BCUT2D eigenvalue weighted by Gasteiger charge is 2.37. The van der Waals surface area contributed by atoms with Crippen LogP contribution in [0.25, 0.3) is 0 Å². The van der Waals surface area contributed by atoms with Crippen LogP contribution in [-0.4, -0.2) is 54.1 Å². The van der Waals surface area contributed by atoms with Gasteiger partial charge in [0.05, 0.1) is 12.7 Å². The van der Waals surface area contributed by atoms with Crippen molar-refractivity contribution < 1.29 is 9.84 Å². The fraction of sp³-hybridized carbons (Fsp3) is 0.900. The number of hydrogen-bond acceptors (Lipinski definition) is 6. The second kappa shape index (κ2) is 10.6. The van der Waals surface area contributed by atoms with Gasteiger partial charge in [0.25, 0.3) is 0 Å². The van der Waals surface area contributed by atoms with Crippen molar-refractivity contribution in [3.63, 3.8) is 0 Å². The van der Waals surface area contributed by atoms with Crippen LogP contribution in [0.2, 0.25) is 0 Å². The van der Waals surface area contributed by atoms with E-state index in [1.165, 1.54) is 19.3 Å². The van der Waals surface area contributed by atoms with Crippen LogP contribution in [0.4, 0.5) is 0 Å². The number of ether oxygens (including phenoxy) is 1. The molecule has 7 N–H and O–H groups in total. The lowest BCUT2D eigenvalue weighted by atomic mass is 9.92. The third-order valence-electron chi connectivity index (χ3n) is 6.36. The number of aliphatic hydroxyl groups excluding tert-OH is 1. The Labute approximate surface area is 159 Å². The smallest absolute Gasteiger partial charge is 0.110 e. The SMILES string of the molecule is CC(CC(=CN)C(N)CN)OCC1CCCCN1C(O)C1CCCC1C. The Balaban J connectivity index is 1.87. The van der Waals surface area contributed by atoms with Crippen molar-refractivity contribution in [2.45, 2.75) is 83.2 Å². The number of nitrogens with two attached hydrogens (primary N) is 3. The average molecular weight is 369 g/mol. The van der Waals surface area contributed by atoms with Crippen molar-refractivity contribution in [2.24, 2.45) is 29.0 Å². The van der Waals surface area contributed by atoms with Gasteiger partial charge in [-0.2, -0.15) is 0 Å². The number of rotatable bonds is 9. The minimum Gasteiger partial charge on any atom is -0.405 e. The molecule has 2 aliphatic rings. The summed E-state index contributed by atoms with van der Waals surface area (Å²) in [6, 6.07) is 0.0883. The number of hydrogen-bond donors (Lipinski definition) is 4. The topological polar surface area (TPSA) is 111 Å². The third-order valence-corrected chi connectivity index (χ3v) is 6.36. The lowest BCUT2D eigenvalue weighted by molar-refractivity contribution is -0.105. The summed E-state index contributed by atoms with van der Waals surface area (Å²) in [6.07, 6.45) is 9.05. The van der Waals surface area contributed by atoms with Crippen LogP contribution in [-0.2, 0) is 4.74 Å². The van der Waals surface area contributed by atoms with E-state index in [-0.39, 0.29) is 18.4 Å². The van der Waals surface area contributed by atoms with E-state index >= 15 is 0 Å². The van der Waals surface area contributed by atoms with Crippen LogP contribution in [0, 0.1) is 11.8 Å². The second-order valence-corrected chi connectivity index (χ2v) is 8.30. The number of nitrogens with zero attached hydrogens (tertiary/aromatic N) is 1. The molecule has 0 bridgehead atoms. The van der Waals surface area contributed by atoms with Crippen molar-refractivity contribution in [3.05, 3.63) is 11.8 Å². The van der Waals surface area contributed by atoms with E-state index in [9.17, 15) is 5.11 Å². The fourth-order valence-electron chi connectivity index (χ4n) is 4.57. The molecule has 0 aromatic rings. The molecule has 6 unspecified atom stereocenters. The van der Waals surface area contributed by atoms with Crippen LogP contribution in [0.1, 0.15) is 58.8 Å². The van der Waals surface area contributed by atoms with Gasteiger partial charge in [-0.1, -0.05) is 26.2 Å². The van der Waals surface area contributed by atoms with Crippen LogP contribution in [0.3, 0.4) is 0 Å². The van der Waals surface area contributed by atoms with Gasteiger partial charge in [0, 0.05) is 31.1 Å². The summed E-state index contributed by atoms with van der Waals surface area (Å²) in [5.41, 5.74) is 18.3. The summed E-state index contributed by atoms with van der Waals surface area (Å²) in [5.74, 6) is 1.02. The monoisotopic (exact) mass is 368 g/mol. The van der Waals surface area contributed by atoms with Gasteiger partial charge in [-0.15, -0.1) is 0 Å². The molecule has 0 spiro atoms. The average Bonchev–Trinajstić information content (AvgIpc) is 3.09. The molecule has 6 nitrogen and oxygen atoms in total. The maximum Gasteiger partial charge on any atom is 0.110 e. The number of likely N-dealkylation sites (tertiary alicyclic amines) is 1. The highest BCUT2D eigenvalue weighted by molar-refractivity contribution is 5.10. The van der Waals surface area contributed by atoms with Gasteiger partial charge < -0.3 is 27.0 Å². The fourth-order valence-corrected chi connectivity index (χ4v) is 4.57. The van der Waals surface area contributed by atoms with E-state index < -0.39 is 0 Å². The quantitative estimate of drug-likeness (QED) is 0.491. The van der Waals surface area contributed by atoms with Gasteiger partial charge >= 0.3 is 0 Å². The lowest BCUT2D eigenvalue weighted by Gasteiger charge is -2.42. The number of aliphatic hydroxyl groups is 1. The first-order valence-electron chi connectivity index (χ1n) is 10.4. The predicted molar refractivity (Wildman–Crippen MR) is 106 cm³/mol. The first kappa shape index (κ1) is 21.6. The number of piperidine rings is 1. The molecule has 1 aliphatic heterocycles. The van der Waals surface area contributed by atoms with Gasteiger partial charge in [-0.25, -0.2) is 0 Å². The molecule has 26 heavy (non-hydrogen) atoms. The molecule has 1 saturated carbocycles. The first-order valence-corrected chi connectivity index (χ1v) is 10.4. The molecule has 6 heteroatoms. The highest BCUT2D eigenvalue weighted by Crippen LogP contribution is 2.36. The van der Waals surface area contributed by atoms with Crippen molar-refractivity contribution in [1.82, 2.24) is 4.90 Å². The zero-order valence-electron chi connectivity index (χ0n) is 16.6. The van der Waals surface area contributed by atoms with Gasteiger partial charge in [0.2, 0.25) is 0 Å². The molecule has 0 aromatic heterocycles. The molecule has 0 radical (unpaired) electrons. The first-order chi connectivity index (χ1) is 12.5. The zero-order chi connectivity index (χ0) is 19.1. The Morgan fingerprint density at radius 3 is 2.65 bits per heavy atom. The standard InChI is InChI=1S/C20H40N4O2/c1-14-6-5-8-18(14)20(25)24-9-4-3-7-17(24)13-26-15(2)10-16(11-21)19(23)12-22/h11,14-15,17-20,25H,3-10,12-13,21-23H2,1-2H3. The van der Waals surface area contributed by atoms with Gasteiger partial charge in [-0.3, -0.25) is 4.90 Å². The second-order valence-electron chi connectivity index (χ2n) is 8.30. The summed E-state index contributed by atoms with van der Waals surface area (Å²) in [6.45, 7) is 6.33. The van der Waals surface area contributed by atoms with Gasteiger partial charge in [0.1, 0.15) is 6.23 Å². The molecule has 2 rings (SSSR count). The minimum atomic E-state index is -0.332. The normalized spacial score (nSPS) is 31.7. The maximum absolute atomic E-state index is 11.0. The van der Waals surface area contributed by atoms with Crippen molar-refractivity contribution in [3.8, 4) is 0 Å². The van der Waals surface area contributed by atoms with E-state index in [1.807, 2.05) is 0 Å². The summed E-state index contributed by atoms with van der Waals surface area (Å²) >= 11 is 0. The van der Waals surface area contributed by atoms with Crippen LogP contribution in [0.15, 0.2) is 11.8 Å². The Morgan fingerprint density at radius 1 is 1.27 bits per heavy atom. The largest absolute Gasteiger partial charge is 0.405 e. The lowest BCUT2D eigenvalue weighted by Crippen LogP contribution is -2.52. The van der Waals surface area contributed by atoms with Crippen molar-refractivity contribution >= 4 is 0 Å². The van der Waals surface area contributed by atoms with Crippen molar-refractivity contribution in [1.29, 1.82) is 0 Å². The minimum absolute atomic E-state index is 0.0359. The highest BCUT2D eigenvalue weighted by atomic mass is 16.5. The maximum atomic E-state index is 11.0. The molecular formula is C20H40N4O2. The molecular weight excluding hydrogens is 328 g/mol. The Morgan fingerprint density at radius 2 is 2.04 bits per heavy atom. The predicted octanol–water partition coefficient (Wildman–Crippen LogP) is 1.52. The molecule has 6 atom stereocenters. The molecule has 152 valence electrons. The third kappa shape index (κ3) is 5.67. The Hall–Kier alpha value is -0.660. The molecule has 1 aliphatic carbocycles. The van der Waals surface area contributed by atoms with E-state index in [2.05, 4.69) is 18.7 Å². The summed E-state index contributed by atoms with van der Waals surface area (Å²) in [5, 5.41) is 11.0. The molecule has 2 fully saturated rings. The Bertz CT molecular complexity index is 446. The molecule has 0 aromatic carbocycles. The van der Waals surface area contributed by atoms with Crippen LogP contribution >= 0.6 is 0 Å². The van der Waals surface area contributed by atoms with E-state index in [1.54, 1.807) is 6.20 Å². The zero-order valence-corrected chi connectivity index (χ0v) is 16.6. The molecule has 0 amide bonds. The van der Waals surface area contributed by atoms with Crippen LogP contribution in [0.5, 0.6) is 0 Å². The molecule has 1 saturated heterocycles. The summed E-state index contributed by atoms with van der Waals surface area (Å²) < 4.78 is 6.13. The van der Waals surface area contributed by atoms with Crippen LogP contribution < -0.4 is 17.2 Å². The van der Waals surface area contributed by atoms with E-state index in [0.29, 0.717) is 37.5 Å². The summed E-state index contributed by atoms with van der Waals surface area (Å²) in [7, 11) is 0. The van der Waals surface area contributed by atoms with Gasteiger partial charge in [-0.05, 0) is 50.3 Å². The Kier molecular flexibility index (Phi) is 8.84. The van der Waals surface area contributed by atoms with Crippen molar-refractivity contribution in [2.75, 3.05) is 19.7 Å².